The first-order valence-electron chi connectivity index (χ1n) is 9.20. The van der Waals surface area contributed by atoms with Crippen LogP contribution in [0.4, 0.5) is 45.2 Å². The molecular weight excluding hydrogens is 487 g/mol. The fraction of sp³-hybridized carbons (Fsp3) is 0.300. The minimum absolute atomic E-state index is 0.264. The van der Waals surface area contributed by atoms with Crippen LogP contribution in [0, 0.1) is 0 Å². The Bertz CT molecular complexity index is 1030. The molecule has 14 heteroatoms. The lowest BCUT2D eigenvalue weighted by Crippen LogP contribution is -2.69. The van der Waals surface area contributed by atoms with Crippen molar-refractivity contribution in [1.82, 2.24) is 5.32 Å². The van der Waals surface area contributed by atoms with Crippen LogP contribution in [0.15, 0.2) is 48.5 Å². The summed E-state index contributed by atoms with van der Waals surface area (Å²) in [6, 6.07) is 4.35. The fourth-order valence-electron chi connectivity index (χ4n) is 2.67. The molecule has 2 aromatic rings. The van der Waals surface area contributed by atoms with Crippen molar-refractivity contribution >= 4 is 17.6 Å². The number of hydrogen-bond acceptors (Lipinski definition) is 4. The molecule has 0 unspecified atom stereocenters. The topological polar surface area (TPSA) is 67.4 Å². The van der Waals surface area contributed by atoms with Crippen molar-refractivity contribution in [1.29, 1.82) is 0 Å². The molecule has 1 amide bonds. The van der Waals surface area contributed by atoms with Crippen molar-refractivity contribution in [2.75, 3.05) is 11.9 Å². The van der Waals surface area contributed by atoms with Crippen molar-refractivity contribution in [2.45, 2.75) is 31.1 Å². The van der Waals surface area contributed by atoms with Crippen LogP contribution >= 0.6 is 0 Å². The molecule has 0 saturated carbocycles. The lowest BCUT2D eigenvalue weighted by Gasteiger charge is -2.35. The van der Waals surface area contributed by atoms with Gasteiger partial charge >= 0.3 is 30.2 Å². The van der Waals surface area contributed by atoms with E-state index in [-0.39, 0.29) is 6.07 Å². The molecule has 5 nitrogen and oxygen atoms in total. The van der Waals surface area contributed by atoms with E-state index in [0.29, 0.717) is 30.3 Å². The quantitative estimate of drug-likeness (QED) is 0.316. The van der Waals surface area contributed by atoms with E-state index in [9.17, 15) is 49.1 Å². The van der Waals surface area contributed by atoms with E-state index in [0.717, 1.165) is 19.1 Å². The Balaban J connectivity index is 2.53. The smallest absolute Gasteiger partial charge is 0.441 e. The largest absolute Gasteiger partial charge is 0.463 e. The average Bonchev–Trinajstić information content (AvgIpc) is 2.71. The van der Waals surface area contributed by atoms with E-state index >= 15 is 0 Å². The van der Waals surface area contributed by atoms with Gasteiger partial charge in [-0.25, -0.2) is 4.79 Å². The SMILES string of the molecule is CCOC(=O)[C@](NC(=O)c1cccc(C(F)(F)F)c1)(Nc1ccc(C(F)(F)F)cc1)C(F)(F)F. The molecule has 34 heavy (non-hydrogen) atoms. The molecule has 186 valence electrons. The third kappa shape index (κ3) is 5.91. The monoisotopic (exact) mass is 502 g/mol. The summed E-state index contributed by atoms with van der Waals surface area (Å²) in [6.45, 7) is 0.552. The Morgan fingerprint density at radius 3 is 1.85 bits per heavy atom. The highest BCUT2D eigenvalue weighted by Crippen LogP contribution is 2.35. The highest BCUT2D eigenvalue weighted by Gasteiger charge is 2.63. The van der Waals surface area contributed by atoms with E-state index < -0.39 is 65.1 Å². The molecule has 0 aliphatic heterocycles. The zero-order chi connectivity index (χ0) is 25.9. The van der Waals surface area contributed by atoms with Gasteiger partial charge in [0.1, 0.15) is 0 Å². The molecule has 0 spiro atoms. The number of benzene rings is 2. The molecule has 2 rings (SSSR count). The first-order chi connectivity index (χ1) is 15.5. The molecule has 0 saturated heterocycles. The van der Waals surface area contributed by atoms with Gasteiger partial charge in [0, 0.05) is 11.3 Å². The number of hydrogen-bond donors (Lipinski definition) is 2. The van der Waals surface area contributed by atoms with Crippen molar-refractivity contribution < 1.29 is 53.8 Å². The predicted molar refractivity (Wildman–Crippen MR) is 99.4 cm³/mol. The van der Waals surface area contributed by atoms with Gasteiger partial charge in [-0.1, -0.05) is 6.07 Å². The molecule has 2 N–H and O–H groups in total. The Kier molecular flexibility index (Phi) is 7.43. The van der Waals surface area contributed by atoms with Crippen molar-refractivity contribution in [2.24, 2.45) is 0 Å². The van der Waals surface area contributed by atoms with Crippen LogP contribution in [0.2, 0.25) is 0 Å². The Morgan fingerprint density at radius 2 is 1.38 bits per heavy atom. The molecule has 0 aromatic heterocycles. The van der Waals surface area contributed by atoms with Gasteiger partial charge in [-0.2, -0.15) is 39.5 Å². The first kappa shape index (κ1) is 26.8. The predicted octanol–water partition coefficient (Wildman–Crippen LogP) is 5.39. The number of carbonyl (C=O) groups is 2. The highest BCUT2D eigenvalue weighted by molar-refractivity contribution is 5.99. The number of anilines is 1. The van der Waals surface area contributed by atoms with Gasteiger partial charge in [0.15, 0.2) is 0 Å². The average molecular weight is 502 g/mol. The van der Waals surface area contributed by atoms with Gasteiger partial charge < -0.3 is 15.4 Å². The summed E-state index contributed by atoms with van der Waals surface area (Å²) in [4.78, 5) is 24.9. The minimum Gasteiger partial charge on any atom is -0.463 e. The van der Waals surface area contributed by atoms with Gasteiger partial charge in [-0.05, 0) is 49.4 Å². The zero-order valence-electron chi connectivity index (χ0n) is 17.0. The Labute approximate surface area is 185 Å². The molecule has 0 radical (unpaired) electrons. The summed E-state index contributed by atoms with van der Waals surface area (Å²) in [5.74, 6) is -3.83. The number of esters is 1. The van der Waals surface area contributed by atoms with E-state index in [1.54, 1.807) is 5.32 Å². The number of rotatable bonds is 6. The number of halogens is 9. The summed E-state index contributed by atoms with van der Waals surface area (Å²) >= 11 is 0. The maximum atomic E-state index is 14.1. The number of amides is 1. The lowest BCUT2D eigenvalue weighted by molar-refractivity contribution is -0.204. The normalized spacial score (nSPS) is 14.2. The number of alkyl halides is 9. The van der Waals surface area contributed by atoms with Crippen LogP contribution in [0.5, 0.6) is 0 Å². The van der Waals surface area contributed by atoms with E-state index in [1.165, 1.54) is 5.32 Å². The summed E-state index contributed by atoms with van der Waals surface area (Å²) in [7, 11) is 0. The molecule has 0 fully saturated rings. The molecule has 2 aromatic carbocycles. The van der Waals surface area contributed by atoms with Crippen molar-refractivity contribution in [3.05, 3.63) is 65.2 Å². The number of nitrogens with one attached hydrogen (secondary N) is 2. The molecule has 0 aliphatic rings. The minimum atomic E-state index is -5.65. The van der Waals surface area contributed by atoms with Gasteiger partial charge in [0.2, 0.25) is 0 Å². The van der Waals surface area contributed by atoms with E-state index in [1.807, 2.05) is 0 Å². The third-order valence-corrected chi connectivity index (χ3v) is 4.30. The van der Waals surface area contributed by atoms with Gasteiger partial charge in [0.25, 0.3) is 5.91 Å². The van der Waals surface area contributed by atoms with Crippen LogP contribution in [0.25, 0.3) is 0 Å². The van der Waals surface area contributed by atoms with Crippen LogP contribution < -0.4 is 10.6 Å². The fourth-order valence-corrected chi connectivity index (χ4v) is 2.67. The number of ether oxygens (including phenoxy) is 1. The maximum absolute atomic E-state index is 14.1. The summed E-state index contributed by atoms with van der Waals surface area (Å²) < 4.78 is 124. The highest BCUT2D eigenvalue weighted by atomic mass is 19.4. The lowest BCUT2D eigenvalue weighted by atomic mass is 10.1. The molecular formula is C20H15F9N2O3. The van der Waals surface area contributed by atoms with Gasteiger partial charge in [0.05, 0.1) is 17.7 Å². The van der Waals surface area contributed by atoms with Crippen molar-refractivity contribution in [3.8, 4) is 0 Å². The van der Waals surface area contributed by atoms with Gasteiger partial charge in [-0.3, -0.25) is 4.79 Å². The maximum Gasteiger partial charge on any atom is 0.441 e. The van der Waals surface area contributed by atoms with Gasteiger partial charge in [-0.15, -0.1) is 0 Å². The van der Waals surface area contributed by atoms with Crippen LogP contribution in [-0.2, 0) is 21.9 Å². The van der Waals surface area contributed by atoms with E-state index in [2.05, 4.69) is 4.74 Å². The number of carbonyl (C=O) groups excluding carboxylic acids is 2. The first-order valence-corrected chi connectivity index (χ1v) is 9.20. The molecule has 1 atom stereocenters. The molecule has 0 heterocycles. The second-order valence-electron chi connectivity index (χ2n) is 6.70. The van der Waals surface area contributed by atoms with Crippen LogP contribution in [0.1, 0.15) is 28.4 Å². The summed E-state index contributed by atoms with van der Waals surface area (Å²) in [5, 5.41) is 2.92. The second-order valence-corrected chi connectivity index (χ2v) is 6.70. The summed E-state index contributed by atoms with van der Waals surface area (Å²) in [6.07, 6.45) is -15.4. The van der Waals surface area contributed by atoms with Crippen LogP contribution in [0.3, 0.4) is 0 Å². The standard InChI is InChI=1S/C20H15F9N2O3/c1-2-34-16(33)17(20(27,28)29,30-14-8-6-12(7-9-14)18(21,22)23)31-15(32)11-4-3-5-13(10-11)19(24,25)26/h3-10,30H,2H2,1H3,(H,31,32)/t17-/m1/s1. The molecule has 0 aliphatic carbocycles. The third-order valence-electron chi connectivity index (χ3n) is 4.30. The Hall–Kier alpha value is -3.45. The van der Waals surface area contributed by atoms with E-state index in [4.69, 9.17) is 0 Å². The summed E-state index contributed by atoms with van der Waals surface area (Å²) in [5.41, 5.74) is -8.15. The second kappa shape index (κ2) is 9.43. The van der Waals surface area contributed by atoms with Crippen molar-refractivity contribution in [3.63, 3.8) is 0 Å². The zero-order valence-corrected chi connectivity index (χ0v) is 17.0. The van der Waals surface area contributed by atoms with Crippen LogP contribution in [-0.4, -0.2) is 30.3 Å². The molecule has 0 bridgehead atoms. The Morgan fingerprint density at radius 1 is 0.824 bits per heavy atom.